The predicted octanol–water partition coefficient (Wildman–Crippen LogP) is 1.69. The topological polar surface area (TPSA) is 81.0 Å². The Balaban J connectivity index is 1.78. The smallest absolute Gasteiger partial charge is 0.343 e. The Labute approximate surface area is 187 Å². The molecule has 1 aromatic carbocycles. The van der Waals surface area contributed by atoms with Crippen molar-refractivity contribution >= 4 is 5.97 Å². The molecule has 0 spiro atoms. The molecule has 0 radical (unpaired) electrons. The molecule has 7 nitrogen and oxygen atoms in total. The van der Waals surface area contributed by atoms with Crippen LogP contribution in [0.3, 0.4) is 0 Å². The highest BCUT2D eigenvalue weighted by Gasteiger charge is 2.64. The molecule has 5 rings (SSSR count). The van der Waals surface area contributed by atoms with Crippen LogP contribution in [0.2, 0.25) is 0 Å². The van der Waals surface area contributed by atoms with Gasteiger partial charge >= 0.3 is 5.97 Å². The molecule has 2 aromatic rings. The summed E-state index contributed by atoms with van der Waals surface area (Å²) in [6.45, 7) is 3.24. The standard InChI is InChI=1S/C25H30N2O5/c1-5-27-20-14-24-8-9-26(2)21(11-15-6-7-17(31-3)12-19(15)24)25(24,30)13-16(20)10-18(22(27)28)23(29)32-4/h6-7,10,12,21,30H,5,8-9,11,13-14H2,1-4H3/t21-,24-,25-/m1/s1. The van der Waals surface area contributed by atoms with E-state index in [9.17, 15) is 14.7 Å². The van der Waals surface area contributed by atoms with Gasteiger partial charge < -0.3 is 24.0 Å². The number of carbonyl (C=O) groups excluding carboxylic acids is 1. The van der Waals surface area contributed by atoms with Crippen LogP contribution in [0.15, 0.2) is 29.1 Å². The van der Waals surface area contributed by atoms with Crippen LogP contribution in [0.5, 0.6) is 5.75 Å². The normalized spacial score (nSPS) is 28.3. The largest absolute Gasteiger partial charge is 0.497 e. The minimum atomic E-state index is -1.02. The van der Waals surface area contributed by atoms with Crippen LogP contribution in [-0.4, -0.2) is 60.0 Å². The van der Waals surface area contributed by atoms with Gasteiger partial charge in [-0.3, -0.25) is 4.79 Å². The lowest BCUT2D eigenvalue weighted by Crippen LogP contribution is -2.73. The fourth-order valence-corrected chi connectivity index (χ4v) is 6.54. The Bertz CT molecular complexity index is 1170. The number of pyridine rings is 1. The first kappa shape index (κ1) is 21.2. The lowest BCUT2D eigenvalue weighted by atomic mass is 9.49. The van der Waals surface area contributed by atoms with Gasteiger partial charge in [0, 0.05) is 36.5 Å². The second-order valence-corrected chi connectivity index (χ2v) is 9.40. The number of fused-ring (bicyclic) bond motifs is 2. The molecular formula is C25H30N2O5. The average Bonchev–Trinajstić information content (AvgIpc) is 2.79. The Morgan fingerprint density at radius 2 is 2.00 bits per heavy atom. The van der Waals surface area contributed by atoms with E-state index in [-0.39, 0.29) is 17.2 Å². The number of aliphatic hydroxyl groups is 1. The van der Waals surface area contributed by atoms with E-state index in [1.165, 1.54) is 12.7 Å². The summed E-state index contributed by atoms with van der Waals surface area (Å²) in [5.41, 5.74) is 2.29. The van der Waals surface area contributed by atoms with E-state index in [4.69, 9.17) is 9.47 Å². The van der Waals surface area contributed by atoms with Gasteiger partial charge in [-0.2, -0.15) is 0 Å². The summed E-state index contributed by atoms with van der Waals surface area (Å²) in [6, 6.07) is 7.77. The molecule has 7 heteroatoms. The van der Waals surface area contributed by atoms with Gasteiger partial charge in [0.1, 0.15) is 11.3 Å². The van der Waals surface area contributed by atoms with Crippen LogP contribution in [0.4, 0.5) is 0 Å². The van der Waals surface area contributed by atoms with Gasteiger partial charge in [0.2, 0.25) is 0 Å². The van der Waals surface area contributed by atoms with Crippen LogP contribution in [0.1, 0.15) is 46.1 Å². The Hall–Kier alpha value is -2.64. The molecule has 2 aliphatic carbocycles. The maximum absolute atomic E-state index is 13.2. The van der Waals surface area contributed by atoms with Crippen molar-refractivity contribution in [1.29, 1.82) is 0 Å². The van der Waals surface area contributed by atoms with E-state index in [2.05, 4.69) is 24.1 Å². The average molecular weight is 439 g/mol. The fourth-order valence-electron chi connectivity index (χ4n) is 6.54. The number of likely N-dealkylation sites (tertiary alicyclic amines) is 1. The highest BCUT2D eigenvalue weighted by atomic mass is 16.5. The summed E-state index contributed by atoms with van der Waals surface area (Å²) in [5, 5.41) is 12.4. The number of esters is 1. The van der Waals surface area contributed by atoms with Crippen molar-refractivity contribution in [3.8, 4) is 5.75 Å². The summed E-state index contributed by atoms with van der Waals surface area (Å²) in [4.78, 5) is 27.7. The van der Waals surface area contributed by atoms with E-state index in [0.29, 0.717) is 19.4 Å². The van der Waals surface area contributed by atoms with Crippen LogP contribution < -0.4 is 10.3 Å². The third-order valence-electron chi connectivity index (χ3n) is 8.19. The molecule has 3 aliphatic rings. The number of likely N-dealkylation sites (N-methyl/N-ethyl adjacent to an activating group) is 1. The monoisotopic (exact) mass is 438 g/mol. The van der Waals surface area contributed by atoms with E-state index in [1.807, 2.05) is 13.0 Å². The van der Waals surface area contributed by atoms with Gasteiger partial charge in [0.05, 0.1) is 19.8 Å². The molecule has 1 saturated heterocycles. The summed E-state index contributed by atoms with van der Waals surface area (Å²) in [7, 11) is 5.01. The predicted molar refractivity (Wildman–Crippen MR) is 119 cm³/mol. The molecule has 1 aliphatic heterocycles. The van der Waals surface area contributed by atoms with Crippen LogP contribution in [-0.2, 0) is 36.0 Å². The number of hydrogen-bond acceptors (Lipinski definition) is 6. The van der Waals surface area contributed by atoms with Crippen molar-refractivity contribution in [2.45, 2.75) is 56.2 Å². The summed E-state index contributed by atoms with van der Waals surface area (Å²) < 4.78 is 12.1. The van der Waals surface area contributed by atoms with Crippen molar-refractivity contribution in [2.75, 3.05) is 27.8 Å². The lowest BCUT2D eigenvalue weighted by molar-refractivity contribution is -0.145. The van der Waals surface area contributed by atoms with Crippen LogP contribution in [0, 0.1) is 0 Å². The number of nitrogens with zero attached hydrogens (tertiary/aromatic N) is 2. The zero-order valence-electron chi connectivity index (χ0n) is 19.1. The summed E-state index contributed by atoms with van der Waals surface area (Å²) >= 11 is 0. The van der Waals surface area contributed by atoms with Crippen molar-refractivity contribution in [1.82, 2.24) is 9.47 Å². The summed E-state index contributed by atoms with van der Waals surface area (Å²) in [5.74, 6) is 0.140. The van der Waals surface area contributed by atoms with E-state index >= 15 is 0 Å². The van der Waals surface area contributed by atoms with Gasteiger partial charge in [0.15, 0.2) is 0 Å². The lowest BCUT2D eigenvalue weighted by Gasteiger charge is -2.63. The van der Waals surface area contributed by atoms with Gasteiger partial charge in [-0.05, 0) is 68.2 Å². The molecule has 3 atom stereocenters. The number of carbonyl (C=O) groups is 1. The van der Waals surface area contributed by atoms with Crippen LogP contribution >= 0.6 is 0 Å². The first-order chi connectivity index (χ1) is 15.3. The van der Waals surface area contributed by atoms with E-state index < -0.39 is 17.0 Å². The number of hydrogen-bond donors (Lipinski definition) is 1. The quantitative estimate of drug-likeness (QED) is 0.735. The zero-order valence-corrected chi connectivity index (χ0v) is 19.1. The molecule has 0 amide bonds. The molecule has 1 fully saturated rings. The van der Waals surface area contributed by atoms with Crippen molar-refractivity contribution in [3.63, 3.8) is 0 Å². The first-order valence-electron chi connectivity index (χ1n) is 11.2. The molecule has 0 saturated carbocycles. The maximum Gasteiger partial charge on any atom is 0.343 e. The second-order valence-electron chi connectivity index (χ2n) is 9.40. The van der Waals surface area contributed by atoms with E-state index in [1.54, 1.807) is 17.7 Å². The third kappa shape index (κ3) is 2.61. The first-order valence-corrected chi connectivity index (χ1v) is 11.2. The molecule has 32 heavy (non-hydrogen) atoms. The highest BCUT2D eigenvalue weighted by molar-refractivity contribution is 5.89. The summed E-state index contributed by atoms with van der Waals surface area (Å²) in [6.07, 6.45) is 2.47. The van der Waals surface area contributed by atoms with E-state index in [0.717, 1.165) is 42.0 Å². The van der Waals surface area contributed by atoms with Gasteiger partial charge in [-0.25, -0.2) is 4.79 Å². The highest BCUT2D eigenvalue weighted by Crippen LogP contribution is 2.57. The SMILES string of the molecule is CCn1c2c(cc(C(=O)OC)c1=O)C[C@@]1(O)[C@H]3Cc4ccc(OC)cc4[C@@]1(CCN3C)C2. The fraction of sp³-hybridized carbons (Fsp3) is 0.520. The Kier molecular flexibility index (Phi) is 4.76. The second kappa shape index (κ2) is 7.18. The minimum Gasteiger partial charge on any atom is -0.497 e. The van der Waals surface area contributed by atoms with Gasteiger partial charge in [-0.15, -0.1) is 0 Å². The molecule has 2 heterocycles. The van der Waals surface area contributed by atoms with Crippen LogP contribution in [0.25, 0.3) is 0 Å². The molecule has 170 valence electrons. The van der Waals surface area contributed by atoms with Crippen molar-refractivity contribution in [2.24, 2.45) is 0 Å². The number of methoxy groups -OCH3 is 2. The maximum atomic E-state index is 13.2. The zero-order chi connectivity index (χ0) is 22.8. The molecule has 2 bridgehead atoms. The number of piperidine rings is 1. The van der Waals surface area contributed by atoms with Gasteiger partial charge in [0.25, 0.3) is 5.56 Å². The van der Waals surface area contributed by atoms with Crippen molar-refractivity contribution in [3.05, 3.63) is 62.6 Å². The minimum absolute atomic E-state index is 0.0315. The molecule has 1 N–H and O–H groups in total. The Morgan fingerprint density at radius 1 is 1.22 bits per heavy atom. The molecule has 0 unspecified atom stereocenters. The third-order valence-corrected chi connectivity index (χ3v) is 8.19. The van der Waals surface area contributed by atoms with Crippen molar-refractivity contribution < 1.29 is 19.4 Å². The number of rotatable bonds is 3. The number of benzene rings is 1. The number of aromatic nitrogens is 1. The van der Waals surface area contributed by atoms with Gasteiger partial charge in [-0.1, -0.05) is 6.07 Å². The number of ether oxygens (including phenoxy) is 2. The molecular weight excluding hydrogens is 408 g/mol. The molecule has 1 aromatic heterocycles. The Morgan fingerprint density at radius 3 is 2.69 bits per heavy atom.